The molecule has 1 aromatic rings. The molecular weight excluding hydrogens is 264 g/mol. The Balaban J connectivity index is 1.54. The van der Waals surface area contributed by atoms with Crippen LogP contribution < -0.4 is 5.32 Å². The molecule has 3 rings (SSSR count). The first-order chi connectivity index (χ1) is 10.4. The van der Waals surface area contributed by atoms with Gasteiger partial charge >= 0.3 is 0 Å². The van der Waals surface area contributed by atoms with Crippen LogP contribution >= 0.6 is 0 Å². The summed E-state index contributed by atoms with van der Waals surface area (Å²) in [6.07, 6.45) is 10.3. The number of imidazole rings is 1. The fraction of sp³-hybridized carbons (Fsp3) is 0.812. The minimum absolute atomic E-state index is 0.568. The van der Waals surface area contributed by atoms with Gasteiger partial charge in [-0.15, -0.1) is 0 Å². The maximum atomic E-state index is 5.41. The van der Waals surface area contributed by atoms with Gasteiger partial charge < -0.3 is 14.6 Å². The van der Waals surface area contributed by atoms with Crippen molar-refractivity contribution in [3.8, 4) is 0 Å². The van der Waals surface area contributed by atoms with Gasteiger partial charge in [-0.2, -0.15) is 0 Å². The Morgan fingerprint density at radius 3 is 3.19 bits per heavy atom. The van der Waals surface area contributed by atoms with E-state index in [1.54, 1.807) is 0 Å². The molecule has 2 atom stereocenters. The maximum absolute atomic E-state index is 5.41. The Labute approximate surface area is 127 Å². The molecule has 0 bridgehead atoms. The highest BCUT2D eigenvalue weighted by atomic mass is 16.5. The lowest BCUT2D eigenvalue weighted by molar-refractivity contribution is 0.141. The molecule has 0 radical (unpaired) electrons. The number of fused-ring (bicyclic) bond motifs is 1. The van der Waals surface area contributed by atoms with E-state index in [0.29, 0.717) is 12.1 Å². The number of hydrogen-bond donors (Lipinski definition) is 1. The second kappa shape index (κ2) is 7.27. The van der Waals surface area contributed by atoms with Gasteiger partial charge in [0.05, 0.1) is 0 Å². The first kappa shape index (κ1) is 14.9. The van der Waals surface area contributed by atoms with Gasteiger partial charge in [-0.25, -0.2) is 4.98 Å². The molecule has 118 valence electrons. The highest BCUT2D eigenvalue weighted by molar-refractivity contribution is 5.29. The van der Waals surface area contributed by atoms with Gasteiger partial charge in [0.1, 0.15) is 0 Å². The van der Waals surface area contributed by atoms with Crippen molar-refractivity contribution < 1.29 is 4.74 Å². The van der Waals surface area contributed by atoms with E-state index in [4.69, 9.17) is 4.74 Å². The Morgan fingerprint density at radius 2 is 2.29 bits per heavy atom. The summed E-state index contributed by atoms with van der Waals surface area (Å²) in [6.45, 7) is 7.17. The molecule has 2 saturated heterocycles. The number of ether oxygens (including phenoxy) is 1. The Kier molecular flexibility index (Phi) is 5.14. The van der Waals surface area contributed by atoms with E-state index in [9.17, 15) is 0 Å². The molecular formula is C16H28N4O. The number of nitrogens with zero attached hydrogens (tertiary/aromatic N) is 3. The van der Waals surface area contributed by atoms with Crippen LogP contribution in [-0.2, 0) is 11.3 Å². The smallest absolute Gasteiger partial charge is 0.203 e. The molecule has 21 heavy (non-hydrogen) atoms. The maximum Gasteiger partial charge on any atom is 0.203 e. The van der Waals surface area contributed by atoms with Crippen LogP contribution in [0.25, 0.3) is 0 Å². The molecule has 2 aliphatic rings. The molecule has 0 aliphatic carbocycles. The number of aromatic nitrogens is 2. The predicted octanol–water partition coefficient (Wildman–Crippen LogP) is 2.35. The summed E-state index contributed by atoms with van der Waals surface area (Å²) in [5, 5.41) is 3.70. The van der Waals surface area contributed by atoms with Crippen LogP contribution in [0.15, 0.2) is 12.4 Å². The van der Waals surface area contributed by atoms with E-state index in [1.807, 2.05) is 13.1 Å². The highest BCUT2D eigenvalue weighted by Crippen LogP contribution is 2.29. The second-order valence-electron chi connectivity index (χ2n) is 6.13. The zero-order valence-electron chi connectivity index (χ0n) is 13.1. The van der Waals surface area contributed by atoms with E-state index in [2.05, 4.69) is 26.0 Å². The summed E-state index contributed by atoms with van der Waals surface area (Å²) < 4.78 is 7.64. The van der Waals surface area contributed by atoms with Crippen molar-refractivity contribution in [1.82, 2.24) is 14.5 Å². The Morgan fingerprint density at radius 1 is 1.33 bits per heavy atom. The average molecular weight is 292 g/mol. The third-order valence-electron chi connectivity index (χ3n) is 4.78. The van der Waals surface area contributed by atoms with Gasteiger partial charge in [0.2, 0.25) is 5.95 Å². The third kappa shape index (κ3) is 3.58. The van der Waals surface area contributed by atoms with Crippen molar-refractivity contribution in [3.63, 3.8) is 0 Å². The van der Waals surface area contributed by atoms with Gasteiger partial charge in [-0.1, -0.05) is 6.42 Å². The van der Waals surface area contributed by atoms with Crippen molar-refractivity contribution in [2.75, 3.05) is 31.6 Å². The van der Waals surface area contributed by atoms with Crippen LogP contribution in [0.4, 0.5) is 5.95 Å². The fourth-order valence-electron chi connectivity index (χ4n) is 3.69. The van der Waals surface area contributed by atoms with E-state index in [0.717, 1.165) is 32.1 Å². The molecule has 2 unspecified atom stereocenters. The highest BCUT2D eigenvalue weighted by Gasteiger charge is 2.35. The fourth-order valence-corrected chi connectivity index (χ4v) is 3.69. The van der Waals surface area contributed by atoms with Crippen LogP contribution in [0, 0.1) is 0 Å². The number of aryl methyl sites for hydroxylation is 1. The van der Waals surface area contributed by atoms with Gasteiger partial charge in [0, 0.05) is 50.8 Å². The lowest BCUT2D eigenvalue weighted by atomic mass is 9.99. The monoisotopic (exact) mass is 292 g/mol. The quantitative estimate of drug-likeness (QED) is 0.783. The van der Waals surface area contributed by atoms with Crippen LogP contribution in [-0.4, -0.2) is 52.8 Å². The number of anilines is 1. The average Bonchev–Trinajstić information content (AvgIpc) is 3.12. The summed E-state index contributed by atoms with van der Waals surface area (Å²) in [5.41, 5.74) is 0. The SMILES string of the molecule is CCOCCCn1ccnc1NC1CCN2CCCCC12. The van der Waals surface area contributed by atoms with Crippen molar-refractivity contribution in [3.05, 3.63) is 12.4 Å². The predicted molar refractivity (Wildman–Crippen MR) is 84.6 cm³/mol. The lowest BCUT2D eigenvalue weighted by Gasteiger charge is -2.32. The van der Waals surface area contributed by atoms with Crippen molar-refractivity contribution in [2.45, 2.75) is 57.7 Å². The zero-order chi connectivity index (χ0) is 14.5. The minimum atomic E-state index is 0.568. The zero-order valence-corrected chi connectivity index (χ0v) is 13.1. The molecule has 0 saturated carbocycles. The van der Waals surface area contributed by atoms with E-state index in [-0.39, 0.29) is 0 Å². The summed E-state index contributed by atoms with van der Waals surface area (Å²) in [4.78, 5) is 7.16. The largest absolute Gasteiger partial charge is 0.382 e. The van der Waals surface area contributed by atoms with Crippen molar-refractivity contribution in [1.29, 1.82) is 0 Å². The summed E-state index contributed by atoms with van der Waals surface area (Å²) >= 11 is 0. The molecule has 3 heterocycles. The molecule has 0 aromatic carbocycles. The topological polar surface area (TPSA) is 42.3 Å². The Bertz CT molecular complexity index is 434. The lowest BCUT2D eigenvalue weighted by Crippen LogP contribution is -2.42. The summed E-state index contributed by atoms with van der Waals surface area (Å²) in [7, 11) is 0. The number of hydrogen-bond acceptors (Lipinski definition) is 4. The normalized spacial score (nSPS) is 26.0. The van der Waals surface area contributed by atoms with Gasteiger partial charge in [0.25, 0.3) is 0 Å². The van der Waals surface area contributed by atoms with Crippen molar-refractivity contribution >= 4 is 5.95 Å². The molecule has 1 aromatic heterocycles. The first-order valence-electron chi connectivity index (χ1n) is 8.48. The van der Waals surface area contributed by atoms with Gasteiger partial charge in [-0.05, 0) is 39.2 Å². The molecule has 2 aliphatic heterocycles. The van der Waals surface area contributed by atoms with Gasteiger partial charge in [0.15, 0.2) is 0 Å². The molecule has 1 N–H and O–H groups in total. The van der Waals surface area contributed by atoms with Crippen LogP contribution in [0.2, 0.25) is 0 Å². The molecule has 0 amide bonds. The summed E-state index contributed by atoms with van der Waals surface area (Å²) in [5.74, 6) is 1.03. The standard InChI is InChI=1S/C16H28N4O/c1-2-21-13-5-10-20-12-8-17-16(20)18-14-7-11-19-9-4-3-6-15(14)19/h8,12,14-15H,2-7,9-11,13H2,1H3,(H,17,18). The third-order valence-corrected chi connectivity index (χ3v) is 4.78. The molecule has 5 heteroatoms. The molecule has 0 spiro atoms. The second-order valence-corrected chi connectivity index (χ2v) is 6.13. The van der Waals surface area contributed by atoms with Crippen LogP contribution in [0.1, 0.15) is 39.0 Å². The number of nitrogens with one attached hydrogen (secondary N) is 1. The van der Waals surface area contributed by atoms with E-state index < -0.39 is 0 Å². The number of rotatable bonds is 7. The summed E-state index contributed by atoms with van der Waals surface area (Å²) in [6, 6.07) is 1.28. The Hall–Kier alpha value is -1.07. The molecule has 5 nitrogen and oxygen atoms in total. The number of piperidine rings is 1. The van der Waals surface area contributed by atoms with E-state index in [1.165, 1.54) is 38.8 Å². The van der Waals surface area contributed by atoms with E-state index >= 15 is 0 Å². The van der Waals surface area contributed by atoms with Crippen molar-refractivity contribution in [2.24, 2.45) is 0 Å². The van der Waals surface area contributed by atoms with Gasteiger partial charge in [-0.3, -0.25) is 4.90 Å². The minimum Gasteiger partial charge on any atom is -0.382 e. The molecule has 2 fully saturated rings. The van der Waals surface area contributed by atoms with Crippen LogP contribution in [0.5, 0.6) is 0 Å². The van der Waals surface area contributed by atoms with Crippen LogP contribution in [0.3, 0.4) is 0 Å². The first-order valence-corrected chi connectivity index (χ1v) is 8.48.